The summed E-state index contributed by atoms with van der Waals surface area (Å²) in [4.78, 5) is 16.5. The lowest BCUT2D eigenvalue weighted by atomic mass is 9.95. The number of amides is 1. The first-order chi connectivity index (χ1) is 13.1. The molecule has 5 heteroatoms. The van der Waals surface area contributed by atoms with Gasteiger partial charge in [0.15, 0.2) is 0 Å². The minimum atomic E-state index is 0.114. The van der Waals surface area contributed by atoms with E-state index >= 15 is 0 Å². The maximum atomic E-state index is 12.1. The molecular formula is C22H22N4O. The van der Waals surface area contributed by atoms with Gasteiger partial charge in [0.1, 0.15) is 0 Å². The summed E-state index contributed by atoms with van der Waals surface area (Å²) in [5, 5.41) is 8.50. The van der Waals surface area contributed by atoms with E-state index in [1.165, 1.54) is 5.56 Å². The molecule has 5 nitrogen and oxygen atoms in total. The average molecular weight is 358 g/mol. The highest BCUT2D eigenvalue weighted by molar-refractivity contribution is 6.01. The number of hydrogen-bond donors (Lipinski definition) is 3. The highest BCUT2D eigenvalue weighted by Crippen LogP contribution is 2.37. The molecule has 0 saturated heterocycles. The Bertz CT molecular complexity index is 1070. The molecule has 1 atom stereocenters. The van der Waals surface area contributed by atoms with Crippen molar-refractivity contribution >= 4 is 33.7 Å². The molecule has 2 aromatic carbocycles. The van der Waals surface area contributed by atoms with Gasteiger partial charge in [-0.1, -0.05) is 6.07 Å². The van der Waals surface area contributed by atoms with Crippen LogP contribution in [0.15, 0.2) is 42.7 Å². The minimum Gasteiger partial charge on any atom is -0.398 e. The molecule has 0 radical (unpaired) electrons. The molecule has 1 aliphatic heterocycles. The fourth-order valence-corrected chi connectivity index (χ4v) is 3.93. The number of carbonyl (C=O) groups is 1. The number of fused-ring (bicyclic) bond motifs is 2. The molecular weight excluding hydrogens is 336 g/mol. The maximum absolute atomic E-state index is 12.1. The molecule has 136 valence electrons. The molecule has 1 aromatic heterocycles. The second-order valence-electron chi connectivity index (χ2n) is 7.73. The molecule has 1 saturated carbocycles. The van der Waals surface area contributed by atoms with Crippen molar-refractivity contribution in [3.63, 3.8) is 0 Å². The summed E-state index contributed by atoms with van der Waals surface area (Å²) >= 11 is 0. The number of nitrogen functional groups attached to an aromatic ring is 1. The van der Waals surface area contributed by atoms with E-state index in [2.05, 4.69) is 28.6 Å². The normalized spacial score (nSPS) is 18.2. The third kappa shape index (κ3) is 2.89. The molecule has 3 aromatic rings. The van der Waals surface area contributed by atoms with E-state index in [1.54, 1.807) is 0 Å². The molecule has 0 unspecified atom stereocenters. The molecule has 5 rings (SSSR count). The highest BCUT2D eigenvalue weighted by atomic mass is 16.2. The topological polar surface area (TPSA) is 80.0 Å². The smallest absolute Gasteiger partial charge is 0.227 e. The Balaban J connectivity index is 1.58. The zero-order chi connectivity index (χ0) is 18.5. The van der Waals surface area contributed by atoms with Gasteiger partial charge in [0, 0.05) is 40.5 Å². The molecule has 4 N–H and O–H groups in total. The van der Waals surface area contributed by atoms with E-state index in [0.717, 1.165) is 58.2 Å². The zero-order valence-electron chi connectivity index (χ0n) is 15.3. The summed E-state index contributed by atoms with van der Waals surface area (Å²) in [6, 6.07) is 10.5. The van der Waals surface area contributed by atoms with Crippen LogP contribution in [0.4, 0.5) is 17.1 Å². The van der Waals surface area contributed by atoms with Gasteiger partial charge in [-0.15, -0.1) is 0 Å². The lowest BCUT2D eigenvalue weighted by molar-refractivity contribution is -0.117. The Labute approximate surface area is 158 Å². The fraction of sp³-hybridized carbons (Fsp3) is 0.273. The van der Waals surface area contributed by atoms with Gasteiger partial charge in [-0.2, -0.15) is 0 Å². The van der Waals surface area contributed by atoms with Crippen molar-refractivity contribution in [2.75, 3.05) is 16.4 Å². The van der Waals surface area contributed by atoms with Crippen LogP contribution in [-0.2, 0) is 11.2 Å². The van der Waals surface area contributed by atoms with Gasteiger partial charge in [-0.05, 0) is 67.0 Å². The first-order valence-electron chi connectivity index (χ1n) is 9.46. The van der Waals surface area contributed by atoms with Gasteiger partial charge in [-0.3, -0.25) is 9.78 Å². The van der Waals surface area contributed by atoms with Crippen molar-refractivity contribution in [1.29, 1.82) is 0 Å². The van der Waals surface area contributed by atoms with Gasteiger partial charge in [-0.25, -0.2) is 0 Å². The molecule has 2 aliphatic rings. The van der Waals surface area contributed by atoms with Gasteiger partial charge < -0.3 is 16.4 Å². The van der Waals surface area contributed by atoms with Crippen LogP contribution in [0, 0.1) is 5.92 Å². The summed E-state index contributed by atoms with van der Waals surface area (Å²) in [5.41, 5.74) is 12.5. The third-order valence-electron chi connectivity index (χ3n) is 5.48. The maximum Gasteiger partial charge on any atom is 0.227 e. The first kappa shape index (κ1) is 16.1. The molecule has 1 aliphatic carbocycles. The standard InChI is InChI=1S/C22H22N4O/c1-12-6-18-19(10-24-11-21(18)25-12)15-7-14-8-16(26-22(27)13-2-3-13)4-5-17(14)20(23)9-15/h4-5,7-13,25H,2-3,6,23H2,1H3,(H,26,27)/t12-/m1/s1. The van der Waals surface area contributed by atoms with Crippen LogP contribution in [0.2, 0.25) is 0 Å². The van der Waals surface area contributed by atoms with E-state index < -0.39 is 0 Å². The van der Waals surface area contributed by atoms with Crippen molar-refractivity contribution in [2.24, 2.45) is 5.92 Å². The monoisotopic (exact) mass is 358 g/mol. The summed E-state index contributed by atoms with van der Waals surface area (Å²) in [6.07, 6.45) is 6.77. The van der Waals surface area contributed by atoms with E-state index in [-0.39, 0.29) is 11.8 Å². The van der Waals surface area contributed by atoms with E-state index in [4.69, 9.17) is 5.73 Å². The Morgan fingerprint density at radius 3 is 2.89 bits per heavy atom. The molecule has 0 bridgehead atoms. The predicted molar refractivity (Wildman–Crippen MR) is 110 cm³/mol. The first-order valence-corrected chi connectivity index (χ1v) is 9.46. The number of hydrogen-bond acceptors (Lipinski definition) is 4. The van der Waals surface area contributed by atoms with E-state index in [0.29, 0.717) is 6.04 Å². The Morgan fingerprint density at radius 1 is 1.22 bits per heavy atom. The quantitative estimate of drug-likeness (QED) is 0.613. The van der Waals surface area contributed by atoms with Crippen molar-refractivity contribution in [3.8, 4) is 11.1 Å². The number of aromatic nitrogens is 1. The molecule has 2 heterocycles. The number of pyridine rings is 1. The number of rotatable bonds is 3. The molecule has 27 heavy (non-hydrogen) atoms. The van der Waals surface area contributed by atoms with Crippen molar-refractivity contribution in [2.45, 2.75) is 32.2 Å². The number of nitrogens with zero attached hydrogens (tertiary/aromatic N) is 1. The van der Waals surface area contributed by atoms with Gasteiger partial charge >= 0.3 is 0 Å². The van der Waals surface area contributed by atoms with Crippen LogP contribution in [0.25, 0.3) is 21.9 Å². The summed E-state index contributed by atoms with van der Waals surface area (Å²) < 4.78 is 0. The average Bonchev–Trinajstić information content (AvgIpc) is 3.42. The molecule has 1 amide bonds. The zero-order valence-corrected chi connectivity index (χ0v) is 15.3. The second kappa shape index (κ2) is 5.98. The lowest BCUT2D eigenvalue weighted by Crippen LogP contribution is -2.13. The van der Waals surface area contributed by atoms with E-state index in [1.807, 2.05) is 36.7 Å². The minimum absolute atomic E-state index is 0.114. The van der Waals surface area contributed by atoms with Crippen LogP contribution >= 0.6 is 0 Å². The molecule has 0 spiro atoms. The van der Waals surface area contributed by atoms with Crippen LogP contribution < -0.4 is 16.4 Å². The van der Waals surface area contributed by atoms with Crippen molar-refractivity contribution < 1.29 is 4.79 Å². The van der Waals surface area contributed by atoms with Gasteiger partial charge in [0.2, 0.25) is 5.91 Å². The van der Waals surface area contributed by atoms with E-state index in [9.17, 15) is 4.79 Å². The second-order valence-corrected chi connectivity index (χ2v) is 7.73. The predicted octanol–water partition coefficient (Wildman–Crippen LogP) is 4.19. The van der Waals surface area contributed by atoms with Crippen molar-refractivity contribution in [1.82, 2.24) is 4.98 Å². The Kier molecular flexibility index (Phi) is 3.57. The van der Waals surface area contributed by atoms with Crippen LogP contribution in [0.5, 0.6) is 0 Å². The van der Waals surface area contributed by atoms with Crippen LogP contribution in [0.1, 0.15) is 25.3 Å². The fourth-order valence-electron chi connectivity index (χ4n) is 3.93. The van der Waals surface area contributed by atoms with Crippen LogP contribution in [-0.4, -0.2) is 16.9 Å². The Morgan fingerprint density at radius 2 is 2.07 bits per heavy atom. The number of nitrogens with one attached hydrogen (secondary N) is 2. The molecule has 1 fully saturated rings. The SMILES string of the molecule is C[C@@H]1Cc2c(cncc2-c2cc(N)c3ccc(NC(=O)C4CC4)cc3c2)N1. The summed E-state index contributed by atoms with van der Waals surface area (Å²) in [7, 11) is 0. The van der Waals surface area contributed by atoms with Crippen molar-refractivity contribution in [3.05, 3.63) is 48.3 Å². The lowest BCUT2D eigenvalue weighted by Gasteiger charge is -2.12. The largest absolute Gasteiger partial charge is 0.398 e. The van der Waals surface area contributed by atoms with Gasteiger partial charge in [0.05, 0.1) is 11.9 Å². The summed E-state index contributed by atoms with van der Waals surface area (Å²) in [5.74, 6) is 0.299. The Hall–Kier alpha value is -3.08. The third-order valence-corrected chi connectivity index (χ3v) is 5.48. The number of benzene rings is 2. The van der Waals surface area contributed by atoms with Gasteiger partial charge in [0.25, 0.3) is 0 Å². The summed E-state index contributed by atoms with van der Waals surface area (Å²) in [6.45, 7) is 2.17. The number of anilines is 3. The number of nitrogens with two attached hydrogens (primary N) is 1. The number of carbonyl (C=O) groups excluding carboxylic acids is 1. The van der Waals surface area contributed by atoms with Crippen LogP contribution in [0.3, 0.4) is 0 Å². The highest BCUT2D eigenvalue weighted by Gasteiger charge is 2.29.